The molecule has 1 aliphatic rings. The van der Waals surface area contributed by atoms with Crippen LogP contribution in [-0.2, 0) is 11.3 Å². The van der Waals surface area contributed by atoms with E-state index < -0.39 is 0 Å². The fourth-order valence-electron chi connectivity index (χ4n) is 2.71. The number of carbonyl (C=O) groups excluding carboxylic acids is 1. The lowest BCUT2D eigenvalue weighted by molar-refractivity contribution is -0.136. The molecule has 112 valence electrons. The normalized spacial score (nSPS) is 19.9. The second kappa shape index (κ2) is 6.39. The fraction of sp³-hybridized carbons (Fsp3) is 0.733. The lowest BCUT2D eigenvalue weighted by Gasteiger charge is -2.34. The molecule has 20 heavy (non-hydrogen) atoms. The fourth-order valence-corrected chi connectivity index (χ4v) is 2.71. The minimum Gasteiger partial charge on any atom is -0.342 e. The van der Waals surface area contributed by atoms with E-state index in [4.69, 9.17) is 5.73 Å². The maximum absolute atomic E-state index is 12.3. The number of aromatic nitrogens is 2. The van der Waals surface area contributed by atoms with Crippen LogP contribution < -0.4 is 5.73 Å². The zero-order valence-corrected chi connectivity index (χ0v) is 12.7. The summed E-state index contributed by atoms with van der Waals surface area (Å²) in [5, 5.41) is 4.34. The number of amides is 1. The number of carbonyl (C=O) groups is 1. The highest BCUT2D eigenvalue weighted by Gasteiger charge is 2.28. The molecule has 1 fully saturated rings. The number of aryl methyl sites for hydroxylation is 1. The Morgan fingerprint density at radius 1 is 1.45 bits per heavy atom. The van der Waals surface area contributed by atoms with E-state index in [0.29, 0.717) is 5.92 Å². The highest BCUT2D eigenvalue weighted by atomic mass is 16.2. The van der Waals surface area contributed by atoms with E-state index in [1.807, 2.05) is 29.6 Å². The van der Waals surface area contributed by atoms with Gasteiger partial charge in [0.05, 0.1) is 12.1 Å². The number of hydrogen-bond donors (Lipinski definition) is 1. The monoisotopic (exact) mass is 278 g/mol. The average Bonchev–Trinajstić information content (AvgIpc) is 2.94. The van der Waals surface area contributed by atoms with Gasteiger partial charge in [-0.15, -0.1) is 0 Å². The van der Waals surface area contributed by atoms with Crippen LogP contribution in [0.4, 0.5) is 0 Å². The lowest BCUT2D eigenvalue weighted by atomic mass is 9.90. The summed E-state index contributed by atoms with van der Waals surface area (Å²) in [6.45, 7) is 8.48. The van der Waals surface area contributed by atoms with Crippen molar-refractivity contribution in [1.82, 2.24) is 14.7 Å². The van der Waals surface area contributed by atoms with Gasteiger partial charge in [0.25, 0.3) is 0 Å². The van der Waals surface area contributed by atoms with Gasteiger partial charge in [-0.05, 0) is 38.2 Å². The van der Waals surface area contributed by atoms with E-state index in [-0.39, 0.29) is 17.9 Å². The molecule has 0 spiro atoms. The summed E-state index contributed by atoms with van der Waals surface area (Å²) in [5.41, 5.74) is 7.13. The zero-order valence-electron chi connectivity index (χ0n) is 12.7. The molecule has 0 saturated carbocycles. The van der Waals surface area contributed by atoms with E-state index in [1.165, 1.54) is 5.56 Å². The van der Waals surface area contributed by atoms with Gasteiger partial charge in [0.1, 0.15) is 0 Å². The van der Waals surface area contributed by atoms with E-state index in [2.05, 4.69) is 18.2 Å². The van der Waals surface area contributed by atoms with Gasteiger partial charge < -0.3 is 10.6 Å². The highest BCUT2D eigenvalue weighted by Crippen LogP contribution is 2.28. The molecule has 2 unspecified atom stereocenters. The molecule has 2 heterocycles. The Morgan fingerprint density at radius 2 is 2.10 bits per heavy atom. The van der Waals surface area contributed by atoms with Gasteiger partial charge in [-0.1, -0.05) is 6.92 Å². The molecule has 0 bridgehead atoms. The zero-order chi connectivity index (χ0) is 14.7. The van der Waals surface area contributed by atoms with Gasteiger partial charge in [-0.25, -0.2) is 0 Å². The van der Waals surface area contributed by atoms with E-state index in [9.17, 15) is 4.79 Å². The van der Waals surface area contributed by atoms with Gasteiger partial charge in [0, 0.05) is 31.9 Å². The summed E-state index contributed by atoms with van der Waals surface area (Å²) < 4.78 is 1.96. The van der Waals surface area contributed by atoms with Gasteiger partial charge in [0.15, 0.2) is 0 Å². The standard InChI is InChI=1S/C15H26N4O/c1-4-19-10-14(9-17-19)13-5-7-18(8-6-13)15(20)11(2)12(3)16/h9-13H,4-8,16H2,1-3H3. The summed E-state index contributed by atoms with van der Waals surface area (Å²) in [5.74, 6) is 0.641. The molecule has 2 N–H and O–H groups in total. The van der Waals surface area contributed by atoms with Crippen LogP contribution in [0.2, 0.25) is 0 Å². The molecule has 1 saturated heterocycles. The molecule has 1 aliphatic heterocycles. The van der Waals surface area contributed by atoms with Crippen LogP contribution in [0, 0.1) is 5.92 Å². The largest absolute Gasteiger partial charge is 0.342 e. The van der Waals surface area contributed by atoms with Crippen molar-refractivity contribution in [2.75, 3.05) is 13.1 Å². The van der Waals surface area contributed by atoms with Crippen molar-refractivity contribution in [3.63, 3.8) is 0 Å². The molecule has 0 radical (unpaired) electrons. The third-order valence-corrected chi connectivity index (χ3v) is 4.43. The molecule has 1 aromatic rings. The summed E-state index contributed by atoms with van der Waals surface area (Å²) in [6, 6.07) is -0.0805. The van der Waals surface area contributed by atoms with Gasteiger partial charge in [-0.3, -0.25) is 9.48 Å². The molecule has 1 aromatic heterocycles. The van der Waals surface area contributed by atoms with E-state index in [1.54, 1.807) is 0 Å². The predicted octanol–water partition coefficient (Wildman–Crippen LogP) is 1.59. The summed E-state index contributed by atoms with van der Waals surface area (Å²) >= 11 is 0. The van der Waals surface area contributed by atoms with Crippen LogP contribution in [0.25, 0.3) is 0 Å². The van der Waals surface area contributed by atoms with Crippen molar-refractivity contribution in [3.8, 4) is 0 Å². The quantitative estimate of drug-likeness (QED) is 0.909. The van der Waals surface area contributed by atoms with Crippen molar-refractivity contribution in [2.24, 2.45) is 11.7 Å². The third kappa shape index (κ3) is 3.20. The second-order valence-corrected chi connectivity index (χ2v) is 5.88. The average molecular weight is 278 g/mol. The Labute approximate surface area is 121 Å². The van der Waals surface area contributed by atoms with Crippen LogP contribution >= 0.6 is 0 Å². The Kier molecular flexibility index (Phi) is 4.81. The van der Waals surface area contributed by atoms with Crippen LogP contribution in [0.5, 0.6) is 0 Å². The molecule has 5 nitrogen and oxygen atoms in total. The molecule has 0 aromatic carbocycles. The molecular formula is C15H26N4O. The Balaban J connectivity index is 1.90. The van der Waals surface area contributed by atoms with Crippen molar-refractivity contribution in [1.29, 1.82) is 0 Å². The van der Waals surface area contributed by atoms with Crippen LogP contribution in [0.15, 0.2) is 12.4 Å². The maximum Gasteiger partial charge on any atom is 0.226 e. The van der Waals surface area contributed by atoms with Crippen LogP contribution in [0.3, 0.4) is 0 Å². The summed E-state index contributed by atoms with van der Waals surface area (Å²) in [7, 11) is 0. The Hall–Kier alpha value is -1.36. The maximum atomic E-state index is 12.3. The number of piperidine rings is 1. The van der Waals surface area contributed by atoms with E-state index in [0.717, 1.165) is 32.5 Å². The number of hydrogen-bond acceptors (Lipinski definition) is 3. The van der Waals surface area contributed by atoms with Gasteiger partial charge in [0.2, 0.25) is 5.91 Å². The molecule has 0 aliphatic carbocycles. The Bertz CT molecular complexity index is 446. The first-order valence-electron chi connectivity index (χ1n) is 7.59. The summed E-state index contributed by atoms with van der Waals surface area (Å²) in [6.07, 6.45) is 6.14. The van der Waals surface area contributed by atoms with E-state index >= 15 is 0 Å². The van der Waals surface area contributed by atoms with Gasteiger partial charge in [-0.2, -0.15) is 5.10 Å². The molecule has 1 amide bonds. The van der Waals surface area contributed by atoms with Crippen LogP contribution in [-0.4, -0.2) is 39.7 Å². The molecule has 5 heteroatoms. The lowest BCUT2D eigenvalue weighted by Crippen LogP contribution is -2.45. The first-order valence-corrected chi connectivity index (χ1v) is 7.59. The number of nitrogens with zero attached hydrogens (tertiary/aromatic N) is 3. The highest BCUT2D eigenvalue weighted by molar-refractivity contribution is 5.79. The minimum absolute atomic E-state index is 0.0805. The third-order valence-electron chi connectivity index (χ3n) is 4.43. The van der Waals surface area contributed by atoms with Crippen molar-refractivity contribution >= 4 is 5.91 Å². The topological polar surface area (TPSA) is 64.2 Å². The smallest absolute Gasteiger partial charge is 0.226 e. The van der Waals surface area contributed by atoms with Gasteiger partial charge >= 0.3 is 0 Å². The van der Waals surface area contributed by atoms with Crippen molar-refractivity contribution in [3.05, 3.63) is 18.0 Å². The number of likely N-dealkylation sites (tertiary alicyclic amines) is 1. The number of nitrogens with two attached hydrogens (primary N) is 1. The van der Waals surface area contributed by atoms with Crippen molar-refractivity contribution < 1.29 is 4.79 Å². The predicted molar refractivity (Wildman–Crippen MR) is 79.3 cm³/mol. The molecule has 2 rings (SSSR count). The molecular weight excluding hydrogens is 252 g/mol. The number of rotatable bonds is 4. The molecule has 2 atom stereocenters. The second-order valence-electron chi connectivity index (χ2n) is 5.88. The van der Waals surface area contributed by atoms with Crippen LogP contribution in [0.1, 0.15) is 45.1 Å². The first-order chi connectivity index (χ1) is 9.52. The first kappa shape index (κ1) is 15.0. The Morgan fingerprint density at radius 3 is 2.60 bits per heavy atom. The SMILES string of the molecule is CCn1cc(C2CCN(C(=O)C(C)C(C)N)CC2)cn1. The summed E-state index contributed by atoms with van der Waals surface area (Å²) in [4.78, 5) is 14.2. The van der Waals surface area contributed by atoms with Crippen molar-refractivity contribution in [2.45, 2.75) is 52.1 Å². The minimum atomic E-state index is -0.0885.